The summed E-state index contributed by atoms with van der Waals surface area (Å²) in [5, 5.41) is 4.54. The second-order valence-electron chi connectivity index (χ2n) is 16.8. The van der Waals surface area contributed by atoms with Gasteiger partial charge in [0.15, 0.2) is 5.82 Å². The fourth-order valence-corrected chi connectivity index (χ4v) is 9.07. The van der Waals surface area contributed by atoms with Crippen molar-refractivity contribution < 1.29 is 28.0 Å². The molecule has 0 radical (unpaired) electrons. The lowest BCUT2D eigenvalue weighted by Gasteiger charge is -2.42. The first-order chi connectivity index (χ1) is 28.9. The number of imide groups is 1. The SMILES string of the molecule is CN1CCC=C(c2cc(C3CCC(N4CCN(CCc5ccc(C6CCC(=O)NC6=O)cc5F)CC4)CC3)c3cc(C(=O)N(C)C)[nH]c3c2F)C1.N/C=C\N(N)CCC=O. The number of piperidine rings is 1. The van der Waals surface area contributed by atoms with Gasteiger partial charge in [-0.15, -0.1) is 0 Å². The monoisotopic (exact) mass is 829 g/mol. The molecular weight excluding hydrogens is 769 g/mol. The molecule has 1 atom stereocenters. The van der Waals surface area contributed by atoms with E-state index in [1.54, 1.807) is 20.2 Å². The molecule has 4 heterocycles. The predicted molar refractivity (Wildman–Crippen MR) is 230 cm³/mol. The Morgan fingerprint density at radius 2 is 1.75 bits per heavy atom. The molecule has 4 aliphatic rings. The molecule has 3 aromatic rings. The number of aldehydes is 1. The Balaban J connectivity index is 0.000000603. The van der Waals surface area contributed by atoms with Crippen LogP contribution in [-0.2, 0) is 20.8 Å². The number of fused-ring (bicyclic) bond motifs is 1. The average molecular weight is 830 g/mol. The van der Waals surface area contributed by atoms with Gasteiger partial charge in [-0.2, -0.15) is 0 Å². The average Bonchev–Trinajstić information content (AvgIpc) is 3.69. The van der Waals surface area contributed by atoms with Crippen molar-refractivity contribution in [3.05, 3.63) is 88.4 Å². The smallest absolute Gasteiger partial charge is 0.269 e. The number of aromatic nitrogens is 1. The number of nitrogens with zero attached hydrogens (tertiary/aromatic N) is 5. The molecule has 2 aromatic carbocycles. The number of nitrogens with one attached hydrogen (secondary N) is 2. The van der Waals surface area contributed by atoms with Crippen molar-refractivity contribution >= 4 is 40.5 Å². The number of hydrogen-bond acceptors (Lipinski definition) is 10. The molecule has 324 valence electrons. The molecule has 1 unspecified atom stereocenters. The number of benzene rings is 2. The van der Waals surface area contributed by atoms with Gasteiger partial charge in [0.2, 0.25) is 11.8 Å². The summed E-state index contributed by atoms with van der Waals surface area (Å²) in [6.07, 6.45) is 12.6. The van der Waals surface area contributed by atoms with Gasteiger partial charge in [0.25, 0.3) is 5.91 Å². The van der Waals surface area contributed by atoms with E-state index in [0.29, 0.717) is 72.2 Å². The molecule has 1 aliphatic carbocycles. The Bertz CT molecular complexity index is 2070. The maximum atomic E-state index is 16.2. The normalized spacial score (nSPS) is 22.0. The summed E-state index contributed by atoms with van der Waals surface area (Å²) in [6.45, 7) is 6.79. The first-order valence-electron chi connectivity index (χ1n) is 21.2. The van der Waals surface area contributed by atoms with Gasteiger partial charge in [0, 0.05) is 109 Å². The van der Waals surface area contributed by atoms with Gasteiger partial charge in [-0.1, -0.05) is 18.2 Å². The zero-order chi connectivity index (χ0) is 42.9. The number of halogens is 2. The maximum Gasteiger partial charge on any atom is 0.269 e. The predicted octanol–water partition coefficient (Wildman–Crippen LogP) is 4.45. The zero-order valence-electron chi connectivity index (χ0n) is 35.2. The van der Waals surface area contributed by atoms with Crippen molar-refractivity contribution in [1.29, 1.82) is 0 Å². The van der Waals surface area contributed by atoms with Crippen LogP contribution in [0, 0.1) is 11.6 Å². The van der Waals surface area contributed by atoms with E-state index in [-0.39, 0.29) is 35.8 Å². The lowest BCUT2D eigenvalue weighted by atomic mass is 9.79. The Morgan fingerprint density at radius 1 is 1.00 bits per heavy atom. The van der Waals surface area contributed by atoms with Crippen LogP contribution in [0.4, 0.5) is 8.78 Å². The van der Waals surface area contributed by atoms with Crippen LogP contribution in [0.15, 0.2) is 48.8 Å². The van der Waals surface area contributed by atoms with E-state index in [9.17, 15) is 19.2 Å². The summed E-state index contributed by atoms with van der Waals surface area (Å²) in [5.41, 5.74) is 9.95. The van der Waals surface area contributed by atoms with Crippen molar-refractivity contribution in [3.8, 4) is 0 Å². The third kappa shape index (κ3) is 10.9. The van der Waals surface area contributed by atoms with E-state index < -0.39 is 5.92 Å². The van der Waals surface area contributed by atoms with Crippen LogP contribution in [0.25, 0.3) is 16.5 Å². The molecule has 3 amide bonds. The van der Waals surface area contributed by atoms with Crippen LogP contribution in [0.2, 0.25) is 0 Å². The lowest BCUT2D eigenvalue weighted by molar-refractivity contribution is -0.134. The molecule has 1 saturated carbocycles. The summed E-state index contributed by atoms with van der Waals surface area (Å²) >= 11 is 0. The number of aromatic amines is 1. The van der Waals surface area contributed by atoms with Crippen molar-refractivity contribution in [2.24, 2.45) is 11.6 Å². The number of hydrazine groups is 1. The number of rotatable bonds is 12. The molecule has 7 rings (SSSR count). The van der Waals surface area contributed by atoms with Crippen molar-refractivity contribution in [2.45, 2.75) is 75.7 Å². The molecular formula is C45H61F2N9O4. The van der Waals surface area contributed by atoms with Gasteiger partial charge < -0.3 is 35.2 Å². The summed E-state index contributed by atoms with van der Waals surface area (Å²) < 4.78 is 31.2. The summed E-state index contributed by atoms with van der Waals surface area (Å²) in [7, 11) is 5.50. The van der Waals surface area contributed by atoms with E-state index in [1.807, 2.05) is 12.1 Å². The van der Waals surface area contributed by atoms with Crippen LogP contribution in [0.3, 0.4) is 0 Å². The van der Waals surface area contributed by atoms with Crippen LogP contribution in [0.5, 0.6) is 0 Å². The molecule has 15 heteroatoms. The highest BCUT2D eigenvalue weighted by molar-refractivity contribution is 6.01. The van der Waals surface area contributed by atoms with Crippen molar-refractivity contribution in [2.75, 3.05) is 73.5 Å². The number of H-pyrrole nitrogens is 1. The minimum absolute atomic E-state index is 0.162. The molecule has 1 aromatic heterocycles. The third-order valence-electron chi connectivity index (χ3n) is 12.5. The number of piperazine rings is 1. The highest BCUT2D eigenvalue weighted by Crippen LogP contribution is 2.41. The first-order valence-corrected chi connectivity index (χ1v) is 21.2. The first kappa shape index (κ1) is 44.6. The summed E-state index contributed by atoms with van der Waals surface area (Å²) in [5.74, 6) is 3.75. The molecule has 60 heavy (non-hydrogen) atoms. The van der Waals surface area contributed by atoms with Gasteiger partial charge in [-0.25, -0.2) is 14.6 Å². The lowest BCUT2D eigenvalue weighted by Crippen LogP contribution is -2.51. The molecule has 2 saturated heterocycles. The number of carbonyl (C=O) groups is 4. The fraction of sp³-hybridized carbons (Fsp3) is 0.511. The molecule has 3 fully saturated rings. The topological polar surface area (TPSA) is 164 Å². The standard InChI is InChI=1S/C40H50F2N6O3.C5H11N3O/c1-45(2)40(51)35-23-33-31(22-32(37(42)38(33)43-35)28-5-4-15-46(3)24-28)25-8-10-29(11-9-25)48-19-17-47(18-20-48)16-14-26-6-7-27(21-34(26)41)30-12-13-36(49)44-39(30)50;6-2-4-8(7)3-1-5-9/h5-7,21-23,25,29-30,43H,4,8-20,24H2,1-3H3,(H,44,49,50);2,4-5H,1,3,6-7H2/b;4-2-. The highest BCUT2D eigenvalue weighted by atomic mass is 19.1. The van der Waals surface area contributed by atoms with Gasteiger partial charge in [0.1, 0.15) is 17.8 Å². The molecule has 6 N–H and O–H groups in total. The Hall–Kier alpha value is -4.96. The minimum atomic E-state index is -0.481. The van der Waals surface area contributed by atoms with Gasteiger partial charge in [-0.05, 0) is 98.4 Å². The second kappa shape index (κ2) is 20.5. The number of amides is 3. The number of carbonyl (C=O) groups excluding carboxylic acids is 4. The molecule has 13 nitrogen and oxygen atoms in total. The van der Waals surface area contributed by atoms with Crippen LogP contribution in [0.1, 0.15) is 95.9 Å². The minimum Gasteiger partial charge on any atom is -0.403 e. The molecule has 0 bridgehead atoms. The Morgan fingerprint density at radius 3 is 2.40 bits per heavy atom. The number of hydrogen-bond donors (Lipinski definition) is 4. The van der Waals surface area contributed by atoms with Crippen LogP contribution in [-0.4, -0.2) is 133 Å². The number of likely N-dealkylation sites (N-methyl/N-ethyl adjacent to an activating group) is 1. The summed E-state index contributed by atoms with van der Waals surface area (Å²) in [4.78, 5) is 58.3. The Kier molecular flexibility index (Phi) is 15.3. The maximum absolute atomic E-state index is 16.2. The van der Waals surface area contributed by atoms with Gasteiger partial charge >= 0.3 is 0 Å². The quantitative estimate of drug-likeness (QED) is 0.0888. The van der Waals surface area contributed by atoms with Gasteiger partial charge in [0.05, 0.1) is 11.4 Å². The second-order valence-corrected chi connectivity index (χ2v) is 16.8. The highest BCUT2D eigenvalue weighted by Gasteiger charge is 2.32. The van der Waals surface area contributed by atoms with E-state index in [2.05, 4.69) is 44.2 Å². The van der Waals surface area contributed by atoms with E-state index in [4.69, 9.17) is 11.6 Å². The van der Waals surface area contributed by atoms with E-state index in [0.717, 1.165) is 94.2 Å². The van der Waals surface area contributed by atoms with E-state index in [1.165, 1.54) is 28.4 Å². The van der Waals surface area contributed by atoms with Crippen LogP contribution < -0.4 is 16.9 Å². The largest absolute Gasteiger partial charge is 0.403 e. The Labute approximate surface area is 351 Å². The third-order valence-corrected chi connectivity index (χ3v) is 12.5. The van der Waals surface area contributed by atoms with Crippen LogP contribution >= 0.6 is 0 Å². The fourth-order valence-electron chi connectivity index (χ4n) is 9.07. The zero-order valence-corrected chi connectivity index (χ0v) is 35.2. The summed E-state index contributed by atoms with van der Waals surface area (Å²) in [6, 6.07) is 9.52. The van der Waals surface area contributed by atoms with Crippen molar-refractivity contribution in [3.63, 3.8) is 0 Å². The van der Waals surface area contributed by atoms with E-state index >= 15 is 8.78 Å². The number of nitrogens with two attached hydrogens (primary N) is 2. The van der Waals surface area contributed by atoms with Gasteiger partial charge in [-0.3, -0.25) is 24.6 Å². The molecule has 3 aliphatic heterocycles. The van der Waals surface area contributed by atoms with Crippen molar-refractivity contribution in [1.82, 2.24) is 34.9 Å². The molecule has 0 spiro atoms.